The van der Waals surface area contributed by atoms with Crippen molar-refractivity contribution in [2.24, 2.45) is 0 Å². The van der Waals surface area contributed by atoms with Crippen LogP contribution in [0.5, 0.6) is 0 Å². The van der Waals surface area contributed by atoms with Crippen molar-refractivity contribution in [3.05, 3.63) is 64.1 Å². The summed E-state index contributed by atoms with van der Waals surface area (Å²) in [5.41, 5.74) is 8.75. The van der Waals surface area contributed by atoms with Crippen LogP contribution in [-0.2, 0) is 16.6 Å². The molecule has 0 aliphatic carbocycles. The number of hydrogen-bond donors (Lipinski definition) is 2. The van der Waals surface area contributed by atoms with Crippen molar-refractivity contribution in [3.8, 4) is 0 Å². The number of para-hydroxylation sites is 1. The number of halogens is 1. The van der Waals surface area contributed by atoms with Gasteiger partial charge in [0.1, 0.15) is 0 Å². The molecule has 0 aromatic heterocycles. The minimum atomic E-state index is -0.120. The van der Waals surface area contributed by atoms with Gasteiger partial charge in [0.2, 0.25) is 5.91 Å². The molecule has 0 bridgehead atoms. The highest BCUT2D eigenvalue weighted by molar-refractivity contribution is 9.10. The number of benzene rings is 2. The van der Waals surface area contributed by atoms with E-state index < -0.39 is 0 Å². The number of carbonyl (C=O) groups is 1. The van der Waals surface area contributed by atoms with Crippen molar-refractivity contribution in [1.82, 2.24) is 5.32 Å². The number of carbonyl (C=O) groups excluding carboxylic acids is 1. The van der Waals surface area contributed by atoms with Crippen molar-refractivity contribution < 1.29 is 4.79 Å². The molecule has 122 valence electrons. The average molecular weight is 375 g/mol. The molecule has 0 atom stereocenters. The van der Waals surface area contributed by atoms with E-state index in [0.717, 1.165) is 15.7 Å². The summed E-state index contributed by atoms with van der Waals surface area (Å²) < 4.78 is 1.05. The number of rotatable bonds is 6. The van der Waals surface area contributed by atoms with Crippen molar-refractivity contribution in [1.29, 1.82) is 0 Å². The zero-order valence-electron chi connectivity index (χ0n) is 13.6. The summed E-state index contributed by atoms with van der Waals surface area (Å²) in [5, 5.41) is 3.04. The van der Waals surface area contributed by atoms with Crippen LogP contribution in [0.1, 0.15) is 31.4 Å². The summed E-state index contributed by atoms with van der Waals surface area (Å²) in [7, 11) is 0. The van der Waals surface area contributed by atoms with Crippen molar-refractivity contribution in [2.45, 2.75) is 32.1 Å². The minimum absolute atomic E-state index is 0.0522. The zero-order chi connectivity index (χ0) is 16.9. The van der Waals surface area contributed by atoms with Gasteiger partial charge in [0.15, 0.2) is 0 Å². The monoisotopic (exact) mass is 374 g/mol. The fraction of sp³-hybridized carbons (Fsp3) is 0.316. The molecule has 0 fully saturated rings. The number of nitrogens with two attached hydrogens (primary N) is 1. The maximum atomic E-state index is 12.1. The molecule has 0 aliphatic heterocycles. The second-order valence-corrected chi connectivity index (χ2v) is 7.29. The van der Waals surface area contributed by atoms with E-state index in [-0.39, 0.29) is 11.3 Å². The largest absolute Gasteiger partial charge is 0.399 e. The van der Waals surface area contributed by atoms with Crippen LogP contribution < -0.4 is 11.1 Å². The van der Waals surface area contributed by atoms with E-state index in [2.05, 4.69) is 47.2 Å². The lowest BCUT2D eigenvalue weighted by Crippen LogP contribution is -2.36. The molecule has 0 aliphatic rings. The summed E-state index contributed by atoms with van der Waals surface area (Å²) in [6.07, 6.45) is 1.11. The minimum Gasteiger partial charge on any atom is -0.399 e. The number of nitrogen functional groups attached to an aromatic ring is 1. The highest BCUT2D eigenvalue weighted by Crippen LogP contribution is 2.25. The number of aryl methyl sites for hydroxylation is 1. The Kier molecular flexibility index (Phi) is 5.83. The normalized spacial score (nSPS) is 11.3. The van der Waals surface area contributed by atoms with E-state index in [0.29, 0.717) is 19.4 Å². The molecule has 0 saturated heterocycles. The van der Waals surface area contributed by atoms with E-state index in [9.17, 15) is 4.79 Å². The first kappa shape index (κ1) is 17.5. The smallest absolute Gasteiger partial charge is 0.220 e. The highest BCUT2D eigenvalue weighted by Gasteiger charge is 2.21. The molecule has 23 heavy (non-hydrogen) atoms. The maximum Gasteiger partial charge on any atom is 0.220 e. The van der Waals surface area contributed by atoms with Crippen LogP contribution in [0.25, 0.3) is 0 Å². The number of nitrogens with one attached hydrogen (secondary N) is 1. The van der Waals surface area contributed by atoms with Crippen LogP contribution in [0, 0.1) is 0 Å². The van der Waals surface area contributed by atoms with Gasteiger partial charge in [-0.25, -0.2) is 0 Å². The van der Waals surface area contributed by atoms with Crippen molar-refractivity contribution >= 4 is 27.5 Å². The molecule has 0 heterocycles. The number of hydrogen-bond acceptors (Lipinski definition) is 2. The van der Waals surface area contributed by atoms with Crippen LogP contribution in [0.4, 0.5) is 5.69 Å². The summed E-state index contributed by atoms with van der Waals surface area (Å²) in [4.78, 5) is 12.1. The van der Waals surface area contributed by atoms with E-state index in [1.807, 2.05) is 36.4 Å². The second kappa shape index (κ2) is 7.64. The quantitative estimate of drug-likeness (QED) is 0.749. The molecule has 2 aromatic rings. The van der Waals surface area contributed by atoms with Crippen LogP contribution in [-0.4, -0.2) is 12.5 Å². The van der Waals surface area contributed by atoms with Gasteiger partial charge in [-0.3, -0.25) is 4.79 Å². The van der Waals surface area contributed by atoms with Gasteiger partial charge in [0, 0.05) is 28.5 Å². The first-order valence-corrected chi connectivity index (χ1v) is 8.54. The van der Waals surface area contributed by atoms with Gasteiger partial charge < -0.3 is 11.1 Å². The molecule has 2 rings (SSSR count). The molecule has 1 amide bonds. The predicted octanol–water partition coefficient (Wildman–Crippen LogP) is 4.06. The fourth-order valence-corrected chi connectivity index (χ4v) is 2.83. The molecule has 3 nitrogen and oxygen atoms in total. The Morgan fingerprint density at radius 2 is 1.91 bits per heavy atom. The van der Waals surface area contributed by atoms with Gasteiger partial charge in [0.05, 0.1) is 0 Å². The molecular formula is C19H23BrN2O. The summed E-state index contributed by atoms with van der Waals surface area (Å²) in [5.74, 6) is 0.0522. The lowest BCUT2D eigenvalue weighted by Gasteiger charge is -2.26. The van der Waals surface area contributed by atoms with Crippen LogP contribution in [0.2, 0.25) is 0 Å². The first-order chi connectivity index (χ1) is 10.9. The van der Waals surface area contributed by atoms with E-state index in [1.54, 1.807) is 0 Å². The second-order valence-electron chi connectivity index (χ2n) is 6.37. The first-order valence-electron chi connectivity index (χ1n) is 7.74. The Balaban J connectivity index is 1.87. The number of amides is 1. The molecule has 4 heteroatoms. The Morgan fingerprint density at radius 3 is 2.61 bits per heavy atom. The van der Waals surface area contributed by atoms with E-state index in [4.69, 9.17) is 5.73 Å². The lowest BCUT2D eigenvalue weighted by atomic mass is 9.84. The van der Waals surface area contributed by atoms with Gasteiger partial charge in [-0.1, -0.05) is 60.1 Å². The third-order valence-electron chi connectivity index (χ3n) is 4.01. The molecule has 0 saturated carbocycles. The number of anilines is 1. The standard InChI is InChI=1S/C19H23BrN2O/c1-19(2,15-7-5-8-16(20)12-15)13-22-18(23)11-10-14-6-3-4-9-17(14)21/h3-9,12H,10-11,13,21H2,1-2H3,(H,22,23). The van der Waals surface area contributed by atoms with Gasteiger partial charge in [0.25, 0.3) is 0 Å². The Hall–Kier alpha value is -1.81. The topological polar surface area (TPSA) is 55.1 Å². The van der Waals surface area contributed by atoms with E-state index in [1.165, 1.54) is 5.56 Å². The highest BCUT2D eigenvalue weighted by atomic mass is 79.9. The molecule has 2 aromatic carbocycles. The predicted molar refractivity (Wildman–Crippen MR) is 99.4 cm³/mol. The van der Waals surface area contributed by atoms with E-state index >= 15 is 0 Å². The Morgan fingerprint density at radius 1 is 1.17 bits per heavy atom. The summed E-state index contributed by atoms with van der Waals surface area (Å²) in [6.45, 7) is 4.86. The molecule has 0 unspecified atom stereocenters. The third-order valence-corrected chi connectivity index (χ3v) is 4.50. The van der Waals surface area contributed by atoms with Crippen molar-refractivity contribution in [2.75, 3.05) is 12.3 Å². The third kappa shape index (κ3) is 5.10. The average Bonchev–Trinajstić information content (AvgIpc) is 2.52. The van der Waals surface area contributed by atoms with Gasteiger partial charge in [-0.05, 0) is 35.7 Å². The molecule has 0 spiro atoms. The molecule has 0 radical (unpaired) electrons. The van der Waals surface area contributed by atoms with Crippen LogP contribution >= 0.6 is 15.9 Å². The maximum absolute atomic E-state index is 12.1. The SMILES string of the molecule is CC(C)(CNC(=O)CCc1ccccc1N)c1cccc(Br)c1. The summed E-state index contributed by atoms with van der Waals surface area (Å²) >= 11 is 3.49. The van der Waals surface area contributed by atoms with Gasteiger partial charge in [-0.15, -0.1) is 0 Å². The lowest BCUT2D eigenvalue weighted by molar-refractivity contribution is -0.121. The zero-order valence-corrected chi connectivity index (χ0v) is 15.2. The summed E-state index contributed by atoms with van der Waals surface area (Å²) in [6, 6.07) is 15.9. The molecule has 3 N–H and O–H groups in total. The fourth-order valence-electron chi connectivity index (χ4n) is 2.43. The van der Waals surface area contributed by atoms with Gasteiger partial charge >= 0.3 is 0 Å². The van der Waals surface area contributed by atoms with Crippen LogP contribution in [0.15, 0.2) is 53.0 Å². The Labute approximate surface area is 146 Å². The van der Waals surface area contributed by atoms with Crippen molar-refractivity contribution in [3.63, 3.8) is 0 Å². The molecular weight excluding hydrogens is 352 g/mol. The van der Waals surface area contributed by atoms with Gasteiger partial charge in [-0.2, -0.15) is 0 Å². The Bertz CT molecular complexity index is 683. The van der Waals surface area contributed by atoms with Crippen LogP contribution in [0.3, 0.4) is 0 Å².